The highest BCUT2D eigenvalue weighted by Gasteiger charge is 1.99. The molecule has 0 aromatic heterocycles. The topological polar surface area (TPSA) is 29.1 Å². The summed E-state index contributed by atoms with van der Waals surface area (Å²) in [6.07, 6.45) is 5.28. The quantitative estimate of drug-likeness (QED) is 0.759. The average molecular weight is 217 g/mol. The second-order valence-electron chi connectivity index (χ2n) is 3.44. The molecule has 0 aromatic carbocycles. The van der Waals surface area contributed by atoms with Crippen LogP contribution in [0.2, 0.25) is 0 Å². The van der Waals surface area contributed by atoms with Crippen LogP contribution < -0.4 is 5.32 Å². The standard InChI is InChI=1S/C8H19N.C3H6O.C2H6/c1-4-6-7-8(5-2)9-3;1-3(2)4;1-2/h8-9H,4-7H2,1-3H3;1-2H3;1-2H3. The molecule has 94 valence electrons. The molecule has 0 fully saturated rings. The van der Waals surface area contributed by atoms with Crippen LogP contribution >= 0.6 is 0 Å². The maximum absolute atomic E-state index is 9.44. The molecule has 1 atom stereocenters. The van der Waals surface area contributed by atoms with Gasteiger partial charge in [0.05, 0.1) is 0 Å². The average Bonchev–Trinajstić information content (AvgIpc) is 2.22. The van der Waals surface area contributed by atoms with Crippen LogP contribution in [-0.2, 0) is 4.79 Å². The fraction of sp³-hybridized carbons (Fsp3) is 0.923. The first kappa shape index (κ1) is 20.1. The highest BCUT2D eigenvalue weighted by atomic mass is 16.1. The molecule has 1 N–H and O–H groups in total. The fourth-order valence-electron chi connectivity index (χ4n) is 1.00. The number of ketones is 1. The van der Waals surface area contributed by atoms with E-state index in [9.17, 15) is 4.79 Å². The molecule has 0 aromatic rings. The van der Waals surface area contributed by atoms with Gasteiger partial charge in [0.2, 0.25) is 0 Å². The highest BCUT2D eigenvalue weighted by Crippen LogP contribution is 2.02. The van der Waals surface area contributed by atoms with Crippen molar-refractivity contribution >= 4 is 5.78 Å². The van der Waals surface area contributed by atoms with E-state index in [1.54, 1.807) is 0 Å². The van der Waals surface area contributed by atoms with Crippen LogP contribution in [-0.4, -0.2) is 18.9 Å². The van der Waals surface area contributed by atoms with Crippen molar-refractivity contribution in [2.45, 2.75) is 73.3 Å². The maximum atomic E-state index is 9.44. The van der Waals surface area contributed by atoms with Gasteiger partial charge in [-0.2, -0.15) is 0 Å². The van der Waals surface area contributed by atoms with Crippen molar-refractivity contribution in [3.05, 3.63) is 0 Å². The maximum Gasteiger partial charge on any atom is 0.126 e. The van der Waals surface area contributed by atoms with Gasteiger partial charge in [0, 0.05) is 6.04 Å². The summed E-state index contributed by atoms with van der Waals surface area (Å²) in [6, 6.07) is 0.755. The third-order valence-corrected chi connectivity index (χ3v) is 1.81. The minimum absolute atomic E-state index is 0.167. The molecule has 2 heteroatoms. The van der Waals surface area contributed by atoms with Gasteiger partial charge in [-0.25, -0.2) is 0 Å². The Morgan fingerprint density at radius 2 is 1.60 bits per heavy atom. The largest absolute Gasteiger partial charge is 0.317 e. The highest BCUT2D eigenvalue weighted by molar-refractivity contribution is 5.72. The monoisotopic (exact) mass is 217 g/mol. The number of hydrogen-bond acceptors (Lipinski definition) is 2. The van der Waals surface area contributed by atoms with Gasteiger partial charge in [0.15, 0.2) is 0 Å². The van der Waals surface area contributed by atoms with Gasteiger partial charge in [0.25, 0.3) is 0 Å². The van der Waals surface area contributed by atoms with Gasteiger partial charge >= 0.3 is 0 Å². The molecule has 0 spiro atoms. The first-order valence-electron chi connectivity index (χ1n) is 6.22. The molecule has 0 rings (SSSR count). The van der Waals surface area contributed by atoms with E-state index in [2.05, 4.69) is 19.2 Å². The summed E-state index contributed by atoms with van der Waals surface area (Å²) < 4.78 is 0. The summed E-state index contributed by atoms with van der Waals surface area (Å²) in [4.78, 5) is 9.44. The van der Waals surface area contributed by atoms with Crippen LogP contribution in [0.5, 0.6) is 0 Å². The lowest BCUT2D eigenvalue weighted by Gasteiger charge is -2.11. The van der Waals surface area contributed by atoms with Crippen molar-refractivity contribution in [3.8, 4) is 0 Å². The van der Waals surface area contributed by atoms with Crippen molar-refractivity contribution in [1.29, 1.82) is 0 Å². The van der Waals surface area contributed by atoms with Crippen LogP contribution in [0, 0.1) is 0 Å². The van der Waals surface area contributed by atoms with Gasteiger partial charge in [-0.1, -0.05) is 40.5 Å². The minimum Gasteiger partial charge on any atom is -0.317 e. The fourth-order valence-corrected chi connectivity index (χ4v) is 1.00. The van der Waals surface area contributed by atoms with Gasteiger partial charge in [-0.05, 0) is 33.7 Å². The molecule has 0 radical (unpaired) electrons. The minimum atomic E-state index is 0.167. The predicted molar refractivity (Wildman–Crippen MR) is 70.4 cm³/mol. The lowest BCUT2D eigenvalue weighted by molar-refractivity contribution is -0.114. The number of Topliss-reactive ketones (excluding diaryl/α,β-unsaturated/α-hetero) is 1. The van der Waals surface area contributed by atoms with Crippen molar-refractivity contribution < 1.29 is 4.79 Å². The molecule has 0 amide bonds. The van der Waals surface area contributed by atoms with E-state index in [-0.39, 0.29) is 5.78 Å². The van der Waals surface area contributed by atoms with E-state index in [0.717, 1.165) is 6.04 Å². The summed E-state index contributed by atoms with van der Waals surface area (Å²) >= 11 is 0. The molecule has 0 aliphatic heterocycles. The predicted octanol–water partition coefficient (Wildman–Crippen LogP) is 3.80. The third kappa shape index (κ3) is 31.7. The first-order valence-corrected chi connectivity index (χ1v) is 6.22. The van der Waals surface area contributed by atoms with Crippen molar-refractivity contribution in [2.75, 3.05) is 7.05 Å². The Hall–Kier alpha value is -0.370. The van der Waals surface area contributed by atoms with Crippen LogP contribution in [0.25, 0.3) is 0 Å². The van der Waals surface area contributed by atoms with Crippen LogP contribution in [0.15, 0.2) is 0 Å². The van der Waals surface area contributed by atoms with Crippen molar-refractivity contribution in [3.63, 3.8) is 0 Å². The molecular weight excluding hydrogens is 186 g/mol. The Morgan fingerprint density at radius 1 is 1.20 bits per heavy atom. The van der Waals surface area contributed by atoms with Gasteiger partial charge in [-0.3, -0.25) is 0 Å². The summed E-state index contributed by atoms with van der Waals surface area (Å²) in [5.74, 6) is 0.167. The van der Waals surface area contributed by atoms with Crippen molar-refractivity contribution in [2.24, 2.45) is 0 Å². The molecule has 0 aliphatic rings. The summed E-state index contributed by atoms with van der Waals surface area (Å²) in [5.41, 5.74) is 0. The molecule has 0 bridgehead atoms. The van der Waals surface area contributed by atoms with Crippen LogP contribution in [0.3, 0.4) is 0 Å². The number of carbonyl (C=O) groups is 1. The lowest BCUT2D eigenvalue weighted by atomic mass is 10.1. The number of unbranched alkanes of at least 4 members (excludes halogenated alkanes) is 1. The molecule has 1 unspecified atom stereocenters. The second-order valence-corrected chi connectivity index (χ2v) is 3.44. The Morgan fingerprint density at radius 3 is 1.80 bits per heavy atom. The second kappa shape index (κ2) is 19.2. The zero-order chi connectivity index (χ0) is 12.7. The first-order chi connectivity index (χ1) is 7.08. The number of hydrogen-bond donors (Lipinski definition) is 1. The summed E-state index contributed by atoms with van der Waals surface area (Å²) in [5, 5.41) is 3.29. The normalized spacial score (nSPS) is 10.3. The summed E-state index contributed by atoms with van der Waals surface area (Å²) in [6.45, 7) is 11.5. The van der Waals surface area contributed by atoms with Gasteiger partial charge in [0.1, 0.15) is 5.78 Å². The lowest BCUT2D eigenvalue weighted by Crippen LogP contribution is -2.23. The Kier molecular flexibility index (Phi) is 25.8. The molecule has 0 heterocycles. The molecule has 0 saturated heterocycles. The number of carbonyl (C=O) groups excluding carboxylic acids is 1. The Balaban J connectivity index is -0.000000202. The number of rotatable bonds is 5. The van der Waals surface area contributed by atoms with E-state index >= 15 is 0 Å². The van der Waals surface area contributed by atoms with E-state index in [0.29, 0.717) is 0 Å². The van der Waals surface area contributed by atoms with E-state index in [4.69, 9.17) is 0 Å². The van der Waals surface area contributed by atoms with Gasteiger partial charge in [-0.15, -0.1) is 0 Å². The molecule has 2 nitrogen and oxygen atoms in total. The Labute approximate surface area is 96.8 Å². The zero-order valence-corrected chi connectivity index (χ0v) is 11.8. The van der Waals surface area contributed by atoms with E-state index in [1.165, 1.54) is 39.5 Å². The number of nitrogens with one attached hydrogen (secondary N) is 1. The van der Waals surface area contributed by atoms with Crippen molar-refractivity contribution in [1.82, 2.24) is 5.32 Å². The Bertz CT molecular complexity index is 105. The van der Waals surface area contributed by atoms with Crippen LogP contribution in [0.4, 0.5) is 0 Å². The molecule has 15 heavy (non-hydrogen) atoms. The van der Waals surface area contributed by atoms with Gasteiger partial charge < -0.3 is 10.1 Å². The summed E-state index contributed by atoms with van der Waals surface area (Å²) in [7, 11) is 2.05. The third-order valence-electron chi connectivity index (χ3n) is 1.81. The smallest absolute Gasteiger partial charge is 0.126 e. The molecular formula is C13H31NO. The molecule has 0 saturated carbocycles. The van der Waals surface area contributed by atoms with Crippen LogP contribution in [0.1, 0.15) is 67.2 Å². The molecule has 0 aliphatic carbocycles. The van der Waals surface area contributed by atoms with E-state index in [1.807, 2.05) is 20.9 Å². The van der Waals surface area contributed by atoms with E-state index < -0.39 is 0 Å². The SMILES string of the molecule is CC.CC(C)=O.CCCCC(CC)NC. The zero-order valence-electron chi connectivity index (χ0n) is 11.8.